The second-order valence-corrected chi connectivity index (χ2v) is 5.95. The van der Waals surface area contributed by atoms with Crippen molar-refractivity contribution in [3.63, 3.8) is 0 Å². The third kappa shape index (κ3) is 3.37. The standard InChI is InChI=1S/C19H22N2O/c20-19(22)18(11-14-5-2-1-3-6-14)16-9-8-15-7-4-10-21-13-17(15)12-16/h1-3,5-6,8-9,12,18,21H,4,7,10-11,13H2,(H2,20,22). The van der Waals surface area contributed by atoms with Crippen molar-refractivity contribution in [3.8, 4) is 0 Å². The molecule has 1 amide bonds. The van der Waals surface area contributed by atoms with Crippen LogP contribution in [-0.4, -0.2) is 12.5 Å². The zero-order valence-electron chi connectivity index (χ0n) is 12.7. The van der Waals surface area contributed by atoms with E-state index in [9.17, 15) is 4.79 Å². The lowest BCUT2D eigenvalue weighted by atomic mass is 9.89. The van der Waals surface area contributed by atoms with E-state index < -0.39 is 0 Å². The van der Waals surface area contributed by atoms with E-state index >= 15 is 0 Å². The first kappa shape index (κ1) is 14.8. The van der Waals surface area contributed by atoms with Crippen molar-refractivity contribution in [1.82, 2.24) is 5.32 Å². The summed E-state index contributed by atoms with van der Waals surface area (Å²) in [6.45, 7) is 1.92. The number of hydrogen-bond donors (Lipinski definition) is 2. The number of amides is 1. The molecule has 0 aliphatic carbocycles. The third-order valence-corrected chi connectivity index (χ3v) is 4.37. The molecule has 0 spiro atoms. The minimum atomic E-state index is -0.268. The molecule has 1 aliphatic heterocycles. The summed E-state index contributed by atoms with van der Waals surface area (Å²) in [4.78, 5) is 11.9. The van der Waals surface area contributed by atoms with Crippen LogP contribution in [0.5, 0.6) is 0 Å². The molecule has 3 rings (SSSR count). The van der Waals surface area contributed by atoms with Gasteiger partial charge in [-0.05, 0) is 48.1 Å². The van der Waals surface area contributed by atoms with Crippen LogP contribution in [0.25, 0.3) is 0 Å². The Bertz CT molecular complexity index is 652. The normalized spacial score (nSPS) is 15.6. The van der Waals surface area contributed by atoms with Crippen LogP contribution in [0.1, 0.15) is 34.6 Å². The van der Waals surface area contributed by atoms with E-state index in [1.165, 1.54) is 11.1 Å². The minimum Gasteiger partial charge on any atom is -0.369 e. The molecule has 0 bridgehead atoms. The molecule has 1 unspecified atom stereocenters. The van der Waals surface area contributed by atoms with Crippen molar-refractivity contribution in [1.29, 1.82) is 0 Å². The maximum absolute atomic E-state index is 11.9. The van der Waals surface area contributed by atoms with Crippen molar-refractivity contribution in [2.75, 3.05) is 6.54 Å². The molecular formula is C19H22N2O. The summed E-state index contributed by atoms with van der Waals surface area (Å²) in [7, 11) is 0. The predicted molar refractivity (Wildman–Crippen MR) is 88.6 cm³/mol. The Balaban J connectivity index is 1.88. The average molecular weight is 294 g/mol. The highest BCUT2D eigenvalue weighted by Crippen LogP contribution is 2.25. The number of hydrogen-bond acceptors (Lipinski definition) is 2. The fourth-order valence-corrected chi connectivity index (χ4v) is 3.13. The molecule has 0 saturated heterocycles. The fraction of sp³-hybridized carbons (Fsp3) is 0.316. The van der Waals surface area contributed by atoms with Gasteiger partial charge in [-0.2, -0.15) is 0 Å². The Morgan fingerprint density at radius 1 is 1.14 bits per heavy atom. The number of rotatable bonds is 4. The number of nitrogens with one attached hydrogen (secondary N) is 1. The van der Waals surface area contributed by atoms with Crippen LogP contribution in [0.2, 0.25) is 0 Å². The van der Waals surface area contributed by atoms with Crippen molar-refractivity contribution < 1.29 is 4.79 Å². The molecule has 0 saturated carbocycles. The minimum absolute atomic E-state index is 0.259. The van der Waals surface area contributed by atoms with Gasteiger partial charge in [0.25, 0.3) is 0 Å². The summed E-state index contributed by atoms with van der Waals surface area (Å²) >= 11 is 0. The Labute approximate surface area is 131 Å². The number of primary amides is 1. The van der Waals surface area contributed by atoms with Crippen LogP contribution in [0.4, 0.5) is 0 Å². The summed E-state index contributed by atoms with van der Waals surface area (Å²) in [5.41, 5.74) is 10.5. The largest absolute Gasteiger partial charge is 0.369 e. The quantitative estimate of drug-likeness (QED) is 0.910. The van der Waals surface area contributed by atoms with Gasteiger partial charge in [0.1, 0.15) is 0 Å². The average Bonchev–Trinajstić information content (AvgIpc) is 2.78. The van der Waals surface area contributed by atoms with E-state index in [2.05, 4.69) is 23.5 Å². The van der Waals surface area contributed by atoms with E-state index in [0.29, 0.717) is 6.42 Å². The molecule has 2 aromatic rings. The van der Waals surface area contributed by atoms with Crippen molar-refractivity contribution in [2.45, 2.75) is 31.7 Å². The SMILES string of the molecule is NC(=O)C(Cc1ccccc1)c1ccc2c(c1)CNCCC2. The smallest absolute Gasteiger partial charge is 0.225 e. The van der Waals surface area contributed by atoms with Gasteiger partial charge in [0.2, 0.25) is 5.91 Å². The molecule has 1 atom stereocenters. The van der Waals surface area contributed by atoms with Crippen molar-refractivity contribution in [3.05, 3.63) is 70.8 Å². The predicted octanol–water partition coefficient (Wildman–Crippen LogP) is 2.53. The second kappa shape index (κ2) is 6.75. The lowest BCUT2D eigenvalue weighted by molar-refractivity contribution is -0.119. The van der Waals surface area contributed by atoms with E-state index in [-0.39, 0.29) is 11.8 Å². The lowest BCUT2D eigenvalue weighted by Gasteiger charge is -2.16. The molecule has 114 valence electrons. The van der Waals surface area contributed by atoms with Gasteiger partial charge in [-0.3, -0.25) is 4.79 Å². The topological polar surface area (TPSA) is 55.1 Å². The Kier molecular flexibility index (Phi) is 4.54. The second-order valence-electron chi connectivity index (χ2n) is 5.95. The molecule has 0 aromatic heterocycles. The van der Waals surface area contributed by atoms with Gasteiger partial charge in [0, 0.05) is 6.54 Å². The summed E-state index contributed by atoms with van der Waals surface area (Å²) in [6, 6.07) is 16.5. The van der Waals surface area contributed by atoms with Crippen molar-refractivity contribution in [2.24, 2.45) is 5.73 Å². The van der Waals surface area contributed by atoms with E-state index in [0.717, 1.165) is 37.1 Å². The number of nitrogens with two attached hydrogens (primary N) is 1. The summed E-state index contributed by atoms with van der Waals surface area (Å²) < 4.78 is 0. The molecule has 3 N–H and O–H groups in total. The zero-order chi connectivity index (χ0) is 15.4. The van der Waals surface area contributed by atoms with Gasteiger partial charge in [0.05, 0.1) is 5.92 Å². The van der Waals surface area contributed by atoms with Crippen molar-refractivity contribution >= 4 is 5.91 Å². The van der Waals surface area contributed by atoms with Crippen LogP contribution in [0.3, 0.4) is 0 Å². The van der Waals surface area contributed by atoms with Gasteiger partial charge in [-0.15, -0.1) is 0 Å². The zero-order valence-corrected chi connectivity index (χ0v) is 12.7. The first-order valence-electron chi connectivity index (χ1n) is 7.89. The number of carbonyl (C=O) groups excluding carboxylic acids is 1. The van der Waals surface area contributed by atoms with Gasteiger partial charge in [-0.25, -0.2) is 0 Å². The van der Waals surface area contributed by atoms with Gasteiger partial charge in [-0.1, -0.05) is 48.5 Å². The van der Waals surface area contributed by atoms with Gasteiger partial charge >= 0.3 is 0 Å². The van der Waals surface area contributed by atoms with E-state index in [4.69, 9.17) is 5.73 Å². The molecule has 1 heterocycles. The highest BCUT2D eigenvalue weighted by atomic mass is 16.1. The first-order chi connectivity index (χ1) is 10.7. The summed E-state index contributed by atoms with van der Waals surface area (Å²) in [6.07, 6.45) is 2.92. The summed E-state index contributed by atoms with van der Waals surface area (Å²) in [5.74, 6) is -0.527. The maximum Gasteiger partial charge on any atom is 0.225 e. The molecule has 1 aliphatic rings. The Morgan fingerprint density at radius 3 is 2.73 bits per heavy atom. The Morgan fingerprint density at radius 2 is 1.95 bits per heavy atom. The van der Waals surface area contributed by atoms with Crippen LogP contribution in [0, 0.1) is 0 Å². The van der Waals surface area contributed by atoms with Crippen LogP contribution >= 0.6 is 0 Å². The lowest BCUT2D eigenvalue weighted by Crippen LogP contribution is -2.23. The fourth-order valence-electron chi connectivity index (χ4n) is 3.13. The molecule has 0 fully saturated rings. The van der Waals surface area contributed by atoms with Gasteiger partial charge < -0.3 is 11.1 Å². The molecule has 0 radical (unpaired) electrons. The molecule has 2 aromatic carbocycles. The van der Waals surface area contributed by atoms with Crippen LogP contribution in [0.15, 0.2) is 48.5 Å². The highest BCUT2D eigenvalue weighted by Gasteiger charge is 2.20. The number of benzene rings is 2. The molecule has 22 heavy (non-hydrogen) atoms. The highest BCUT2D eigenvalue weighted by molar-refractivity contribution is 5.82. The number of aryl methyl sites for hydroxylation is 1. The number of carbonyl (C=O) groups is 1. The first-order valence-corrected chi connectivity index (χ1v) is 7.89. The van der Waals surface area contributed by atoms with Crippen LogP contribution < -0.4 is 11.1 Å². The molecule has 3 heteroatoms. The van der Waals surface area contributed by atoms with E-state index in [1.807, 2.05) is 30.3 Å². The molecule has 3 nitrogen and oxygen atoms in total. The van der Waals surface area contributed by atoms with Crippen LogP contribution in [-0.2, 0) is 24.2 Å². The Hall–Kier alpha value is -2.13. The monoisotopic (exact) mass is 294 g/mol. The third-order valence-electron chi connectivity index (χ3n) is 4.37. The summed E-state index contributed by atoms with van der Waals surface area (Å²) in [5, 5.41) is 3.43. The number of fused-ring (bicyclic) bond motifs is 1. The molecular weight excluding hydrogens is 272 g/mol. The maximum atomic E-state index is 11.9. The van der Waals surface area contributed by atoms with E-state index in [1.54, 1.807) is 0 Å². The van der Waals surface area contributed by atoms with Gasteiger partial charge in [0.15, 0.2) is 0 Å².